The standard InChI is InChI=1S/C16H12F2S/c1-11-14(17)9-12(10-15(11)18)7-8-16(19)13-5-3-2-4-6-13/h2-10H,1H3. The van der Waals surface area contributed by atoms with Crippen LogP contribution in [0.4, 0.5) is 8.78 Å². The van der Waals surface area contributed by atoms with Crippen LogP contribution in [0.3, 0.4) is 0 Å². The van der Waals surface area contributed by atoms with Crippen LogP contribution in [-0.4, -0.2) is 4.86 Å². The van der Waals surface area contributed by atoms with Crippen LogP contribution in [-0.2, 0) is 0 Å². The number of allylic oxidation sites excluding steroid dienone is 1. The van der Waals surface area contributed by atoms with Gasteiger partial charge in [-0.25, -0.2) is 8.78 Å². The number of thiocarbonyl (C=S) groups is 1. The zero-order valence-electron chi connectivity index (χ0n) is 10.4. The van der Waals surface area contributed by atoms with Crippen LogP contribution in [0.2, 0.25) is 0 Å². The van der Waals surface area contributed by atoms with Gasteiger partial charge in [0.2, 0.25) is 0 Å². The second-order valence-electron chi connectivity index (χ2n) is 4.17. The van der Waals surface area contributed by atoms with Gasteiger partial charge in [-0.1, -0.05) is 48.6 Å². The summed E-state index contributed by atoms with van der Waals surface area (Å²) in [6.45, 7) is 1.41. The molecular weight excluding hydrogens is 262 g/mol. The van der Waals surface area contributed by atoms with Gasteiger partial charge in [0.1, 0.15) is 11.6 Å². The summed E-state index contributed by atoms with van der Waals surface area (Å²) in [4.78, 5) is 0.627. The van der Waals surface area contributed by atoms with Crippen LogP contribution in [0.25, 0.3) is 6.08 Å². The molecule has 0 aliphatic rings. The van der Waals surface area contributed by atoms with Gasteiger partial charge in [0.15, 0.2) is 0 Å². The van der Waals surface area contributed by atoms with Gasteiger partial charge in [0, 0.05) is 10.4 Å². The molecule has 3 heteroatoms. The van der Waals surface area contributed by atoms with Crippen LogP contribution >= 0.6 is 12.2 Å². The summed E-state index contributed by atoms with van der Waals surface area (Å²) >= 11 is 5.24. The zero-order chi connectivity index (χ0) is 13.8. The first-order chi connectivity index (χ1) is 9.08. The lowest BCUT2D eigenvalue weighted by molar-refractivity contribution is 0.567. The van der Waals surface area contributed by atoms with Crippen molar-refractivity contribution >= 4 is 23.2 Å². The fourth-order valence-electron chi connectivity index (χ4n) is 1.63. The van der Waals surface area contributed by atoms with Gasteiger partial charge in [0.25, 0.3) is 0 Å². The largest absolute Gasteiger partial charge is 0.207 e. The lowest BCUT2D eigenvalue weighted by Crippen LogP contribution is -1.92. The molecule has 0 fully saturated rings. The van der Waals surface area contributed by atoms with Gasteiger partial charge in [-0.3, -0.25) is 0 Å². The summed E-state index contributed by atoms with van der Waals surface area (Å²) in [5, 5.41) is 0. The molecule has 0 saturated carbocycles. The highest BCUT2D eigenvalue weighted by atomic mass is 32.1. The fourth-order valence-corrected chi connectivity index (χ4v) is 1.84. The quantitative estimate of drug-likeness (QED) is 0.444. The van der Waals surface area contributed by atoms with Crippen LogP contribution in [0, 0.1) is 18.6 Å². The third-order valence-corrected chi connectivity index (χ3v) is 3.16. The fraction of sp³-hybridized carbons (Fsp3) is 0.0625. The number of halogens is 2. The minimum absolute atomic E-state index is 0.0304. The van der Waals surface area contributed by atoms with Crippen LogP contribution < -0.4 is 0 Å². The molecule has 0 saturated heterocycles. The molecule has 2 aromatic rings. The number of hydrogen-bond donors (Lipinski definition) is 0. The Morgan fingerprint density at radius 3 is 2.21 bits per heavy atom. The van der Waals surface area contributed by atoms with Crippen LogP contribution in [0.5, 0.6) is 0 Å². The lowest BCUT2D eigenvalue weighted by atomic mass is 10.1. The van der Waals surface area contributed by atoms with Crippen molar-refractivity contribution in [2.24, 2.45) is 0 Å². The first-order valence-electron chi connectivity index (χ1n) is 5.81. The number of benzene rings is 2. The van der Waals surface area contributed by atoms with Crippen LogP contribution in [0.15, 0.2) is 48.5 Å². The first kappa shape index (κ1) is 13.6. The van der Waals surface area contributed by atoms with E-state index in [2.05, 4.69) is 0 Å². The molecule has 19 heavy (non-hydrogen) atoms. The predicted octanol–water partition coefficient (Wildman–Crippen LogP) is 4.70. The lowest BCUT2D eigenvalue weighted by Gasteiger charge is -2.01. The third kappa shape index (κ3) is 3.32. The maximum absolute atomic E-state index is 13.4. The van der Waals surface area contributed by atoms with Crippen molar-refractivity contribution in [3.8, 4) is 0 Å². The molecule has 2 rings (SSSR count). The van der Waals surface area contributed by atoms with E-state index in [0.29, 0.717) is 10.4 Å². The molecule has 0 aromatic heterocycles. The van der Waals surface area contributed by atoms with Gasteiger partial charge < -0.3 is 0 Å². The van der Waals surface area contributed by atoms with E-state index in [4.69, 9.17) is 12.2 Å². The molecule has 0 unspecified atom stereocenters. The average Bonchev–Trinajstić information content (AvgIpc) is 2.43. The van der Waals surface area contributed by atoms with E-state index in [1.807, 2.05) is 30.3 Å². The second-order valence-corrected chi connectivity index (χ2v) is 4.61. The molecule has 0 N–H and O–H groups in total. The number of hydrogen-bond acceptors (Lipinski definition) is 1. The Labute approximate surface area is 116 Å². The van der Waals surface area contributed by atoms with E-state index in [1.165, 1.54) is 19.1 Å². The van der Waals surface area contributed by atoms with Gasteiger partial charge in [-0.2, -0.15) is 0 Å². The summed E-state index contributed by atoms with van der Waals surface area (Å²) < 4.78 is 26.8. The highest BCUT2D eigenvalue weighted by Gasteiger charge is 2.05. The molecule has 0 aliphatic heterocycles. The van der Waals surface area contributed by atoms with Crippen molar-refractivity contribution in [3.05, 3.63) is 76.9 Å². The molecule has 0 spiro atoms. The highest BCUT2D eigenvalue weighted by Crippen LogP contribution is 2.15. The Hall–Kier alpha value is -1.87. The Morgan fingerprint density at radius 2 is 1.63 bits per heavy atom. The minimum atomic E-state index is -0.551. The maximum atomic E-state index is 13.4. The normalized spacial score (nSPS) is 10.9. The SMILES string of the molecule is Cc1c(F)cc(C=CC(=S)c2ccccc2)cc1F. The molecule has 0 heterocycles. The van der Waals surface area contributed by atoms with Gasteiger partial charge >= 0.3 is 0 Å². The summed E-state index contributed by atoms with van der Waals surface area (Å²) in [5.74, 6) is -1.10. The number of rotatable bonds is 3. The molecule has 96 valence electrons. The van der Waals surface area contributed by atoms with Crippen molar-refractivity contribution < 1.29 is 8.78 Å². The van der Waals surface area contributed by atoms with Gasteiger partial charge in [-0.15, -0.1) is 0 Å². The monoisotopic (exact) mass is 274 g/mol. The maximum Gasteiger partial charge on any atom is 0.129 e. The van der Waals surface area contributed by atoms with Crippen molar-refractivity contribution in [3.63, 3.8) is 0 Å². The molecule has 2 aromatic carbocycles. The summed E-state index contributed by atoms with van der Waals surface area (Å²) in [6.07, 6.45) is 3.29. The van der Waals surface area contributed by atoms with Crippen LogP contribution in [0.1, 0.15) is 16.7 Å². The highest BCUT2D eigenvalue weighted by molar-refractivity contribution is 7.81. The van der Waals surface area contributed by atoms with E-state index >= 15 is 0 Å². The summed E-state index contributed by atoms with van der Waals surface area (Å²) in [5.41, 5.74) is 1.39. The van der Waals surface area contributed by atoms with E-state index in [0.717, 1.165) is 5.56 Å². The van der Waals surface area contributed by atoms with E-state index < -0.39 is 11.6 Å². The topological polar surface area (TPSA) is 0 Å². The molecule has 0 bridgehead atoms. The molecule has 0 nitrogen and oxygen atoms in total. The Kier molecular flexibility index (Phi) is 4.17. The predicted molar refractivity (Wildman–Crippen MR) is 78.3 cm³/mol. The zero-order valence-corrected chi connectivity index (χ0v) is 11.2. The third-order valence-electron chi connectivity index (χ3n) is 2.79. The molecule has 0 aliphatic carbocycles. The first-order valence-corrected chi connectivity index (χ1v) is 6.22. The smallest absolute Gasteiger partial charge is 0.129 e. The Balaban J connectivity index is 2.22. The van der Waals surface area contributed by atoms with E-state index in [-0.39, 0.29) is 5.56 Å². The van der Waals surface area contributed by atoms with E-state index in [9.17, 15) is 8.78 Å². The minimum Gasteiger partial charge on any atom is -0.207 e. The van der Waals surface area contributed by atoms with Crippen molar-refractivity contribution in [2.45, 2.75) is 6.92 Å². The molecule has 0 radical (unpaired) electrons. The summed E-state index contributed by atoms with van der Waals surface area (Å²) in [7, 11) is 0. The van der Waals surface area contributed by atoms with Crippen molar-refractivity contribution in [2.75, 3.05) is 0 Å². The average molecular weight is 274 g/mol. The molecule has 0 amide bonds. The molecular formula is C16H12F2S. The van der Waals surface area contributed by atoms with E-state index in [1.54, 1.807) is 12.2 Å². The summed E-state index contributed by atoms with van der Waals surface area (Å²) in [6, 6.07) is 12.1. The molecule has 0 atom stereocenters. The Morgan fingerprint density at radius 1 is 1.05 bits per heavy atom. The van der Waals surface area contributed by atoms with Gasteiger partial charge in [0.05, 0.1) is 0 Å². The second kappa shape index (κ2) is 5.85. The Bertz CT molecular complexity index is 607. The van der Waals surface area contributed by atoms with Gasteiger partial charge in [-0.05, 0) is 36.3 Å². The van der Waals surface area contributed by atoms with Crippen molar-refractivity contribution in [1.82, 2.24) is 0 Å². The van der Waals surface area contributed by atoms with Crippen molar-refractivity contribution in [1.29, 1.82) is 0 Å².